The van der Waals surface area contributed by atoms with Gasteiger partial charge < -0.3 is 11.5 Å². The minimum atomic E-state index is -0.586. The Morgan fingerprint density at radius 1 is 1.21 bits per heavy atom. The molecule has 0 atom stereocenters. The third-order valence-electron chi connectivity index (χ3n) is 2.88. The second-order valence-electron chi connectivity index (χ2n) is 4.11. The Morgan fingerprint density at radius 3 is 2.79 bits per heavy atom. The first-order valence-corrected chi connectivity index (χ1v) is 5.65. The monoisotopic (exact) mass is 253 g/mol. The van der Waals surface area contributed by atoms with Crippen LogP contribution in [0.3, 0.4) is 0 Å². The van der Waals surface area contributed by atoms with Crippen molar-refractivity contribution in [2.24, 2.45) is 5.73 Å². The van der Waals surface area contributed by atoms with Crippen LogP contribution in [-0.4, -0.2) is 20.7 Å². The van der Waals surface area contributed by atoms with Gasteiger partial charge in [-0.3, -0.25) is 4.79 Å². The standard InChI is InChI=1S/C13H11N5O/c14-10-7-16-12(5-9(10)13(15)19)18-11-4-2-1-3-8(11)6-17-18/h1-7H,14H2,(H2,15,19). The van der Waals surface area contributed by atoms with E-state index in [1.807, 2.05) is 24.3 Å². The highest BCUT2D eigenvalue weighted by Gasteiger charge is 2.11. The first kappa shape index (κ1) is 11.2. The van der Waals surface area contributed by atoms with Crippen molar-refractivity contribution < 1.29 is 4.79 Å². The molecule has 0 unspecified atom stereocenters. The van der Waals surface area contributed by atoms with E-state index >= 15 is 0 Å². The molecule has 0 spiro atoms. The van der Waals surface area contributed by atoms with Gasteiger partial charge >= 0.3 is 0 Å². The van der Waals surface area contributed by atoms with E-state index in [0.29, 0.717) is 5.82 Å². The molecule has 0 bridgehead atoms. The van der Waals surface area contributed by atoms with E-state index in [4.69, 9.17) is 11.5 Å². The second kappa shape index (κ2) is 4.09. The molecule has 0 radical (unpaired) electrons. The molecule has 0 fully saturated rings. The van der Waals surface area contributed by atoms with Gasteiger partial charge in [-0.1, -0.05) is 18.2 Å². The highest BCUT2D eigenvalue weighted by atomic mass is 16.1. The number of para-hydroxylation sites is 1. The molecule has 2 heterocycles. The molecule has 1 amide bonds. The zero-order valence-corrected chi connectivity index (χ0v) is 9.95. The average molecular weight is 253 g/mol. The Hall–Kier alpha value is -2.89. The lowest BCUT2D eigenvalue weighted by molar-refractivity contribution is 0.100. The van der Waals surface area contributed by atoms with Gasteiger partial charge in [-0.15, -0.1) is 0 Å². The molecule has 19 heavy (non-hydrogen) atoms. The van der Waals surface area contributed by atoms with Gasteiger partial charge in [-0.25, -0.2) is 9.67 Å². The van der Waals surface area contributed by atoms with Crippen molar-refractivity contribution in [2.75, 3.05) is 5.73 Å². The number of fused-ring (bicyclic) bond motifs is 1. The number of rotatable bonds is 2. The van der Waals surface area contributed by atoms with Crippen LogP contribution in [0.25, 0.3) is 16.7 Å². The van der Waals surface area contributed by atoms with Gasteiger partial charge in [0.2, 0.25) is 0 Å². The molecule has 6 heteroatoms. The second-order valence-corrected chi connectivity index (χ2v) is 4.11. The van der Waals surface area contributed by atoms with Gasteiger partial charge in [0.1, 0.15) is 0 Å². The fourth-order valence-electron chi connectivity index (χ4n) is 1.94. The molecule has 0 aliphatic heterocycles. The zero-order chi connectivity index (χ0) is 13.4. The van der Waals surface area contributed by atoms with Crippen molar-refractivity contribution in [1.29, 1.82) is 0 Å². The number of benzene rings is 1. The third kappa shape index (κ3) is 1.79. The minimum absolute atomic E-state index is 0.240. The average Bonchev–Trinajstić information content (AvgIpc) is 2.83. The molecule has 94 valence electrons. The van der Waals surface area contributed by atoms with Gasteiger partial charge in [-0.2, -0.15) is 5.10 Å². The number of hydrogen-bond donors (Lipinski definition) is 2. The number of nitrogen functional groups attached to an aromatic ring is 1. The van der Waals surface area contributed by atoms with Crippen LogP contribution in [0.15, 0.2) is 42.7 Å². The summed E-state index contributed by atoms with van der Waals surface area (Å²) in [4.78, 5) is 15.5. The number of aromatic nitrogens is 3. The molecule has 0 aliphatic rings. The van der Waals surface area contributed by atoms with Gasteiger partial charge in [0, 0.05) is 5.39 Å². The summed E-state index contributed by atoms with van der Waals surface area (Å²) >= 11 is 0. The Morgan fingerprint density at radius 2 is 2.00 bits per heavy atom. The Kier molecular flexibility index (Phi) is 2.42. The number of nitrogens with zero attached hydrogens (tertiary/aromatic N) is 3. The van der Waals surface area contributed by atoms with Crippen molar-refractivity contribution >= 4 is 22.5 Å². The van der Waals surface area contributed by atoms with Gasteiger partial charge in [-0.05, 0) is 12.1 Å². The molecule has 1 aromatic carbocycles. The lowest BCUT2D eigenvalue weighted by Gasteiger charge is -2.06. The summed E-state index contributed by atoms with van der Waals surface area (Å²) in [5.74, 6) is -0.0817. The van der Waals surface area contributed by atoms with Crippen molar-refractivity contribution in [3.8, 4) is 5.82 Å². The fourth-order valence-corrected chi connectivity index (χ4v) is 1.94. The van der Waals surface area contributed by atoms with Crippen molar-refractivity contribution in [1.82, 2.24) is 14.8 Å². The van der Waals surface area contributed by atoms with E-state index in [1.54, 1.807) is 10.9 Å². The van der Waals surface area contributed by atoms with Crippen LogP contribution in [0.1, 0.15) is 10.4 Å². The molecule has 6 nitrogen and oxygen atoms in total. The summed E-state index contributed by atoms with van der Waals surface area (Å²) in [6.45, 7) is 0. The topological polar surface area (TPSA) is 99.8 Å². The number of carbonyl (C=O) groups excluding carboxylic acids is 1. The summed E-state index contributed by atoms with van der Waals surface area (Å²) < 4.78 is 1.64. The van der Waals surface area contributed by atoms with E-state index in [-0.39, 0.29) is 11.3 Å². The minimum Gasteiger partial charge on any atom is -0.397 e. The van der Waals surface area contributed by atoms with E-state index < -0.39 is 5.91 Å². The number of primary amides is 1. The Labute approximate surface area is 108 Å². The van der Waals surface area contributed by atoms with Crippen molar-refractivity contribution in [2.45, 2.75) is 0 Å². The first-order chi connectivity index (χ1) is 9.16. The van der Waals surface area contributed by atoms with Crippen molar-refractivity contribution in [3.63, 3.8) is 0 Å². The molecule has 2 aromatic heterocycles. The number of nitrogens with two attached hydrogens (primary N) is 2. The van der Waals surface area contributed by atoms with Crippen LogP contribution in [0.4, 0.5) is 5.69 Å². The lowest BCUT2D eigenvalue weighted by Crippen LogP contribution is -2.15. The van der Waals surface area contributed by atoms with E-state index in [9.17, 15) is 4.79 Å². The van der Waals surface area contributed by atoms with Gasteiger partial charge in [0.25, 0.3) is 5.91 Å². The highest BCUT2D eigenvalue weighted by Crippen LogP contribution is 2.19. The summed E-state index contributed by atoms with van der Waals surface area (Å²) in [6.07, 6.45) is 3.14. The van der Waals surface area contributed by atoms with Crippen LogP contribution in [0.2, 0.25) is 0 Å². The lowest BCUT2D eigenvalue weighted by atomic mass is 10.2. The number of hydrogen-bond acceptors (Lipinski definition) is 4. The maximum atomic E-state index is 11.3. The normalized spacial score (nSPS) is 10.7. The largest absolute Gasteiger partial charge is 0.397 e. The van der Waals surface area contributed by atoms with Crippen LogP contribution in [0, 0.1) is 0 Å². The van der Waals surface area contributed by atoms with Gasteiger partial charge in [0.05, 0.1) is 29.2 Å². The Bertz CT molecular complexity index is 778. The summed E-state index contributed by atoms with van der Waals surface area (Å²) in [5.41, 5.74) is 12.3. The van der Waals surface area contributed by atoms with Crippen molar-refractivity contribution in [3.05, 3.63) is 48.3 Å². The molecular weight excluding hydrogens is 242 g/mol. The summed E-state index contributed by atoms with van der Waals surface area (Å²) in [7, 11) is 0. The number of carbonyl (C=O) groups is 1. The SMILES string of the molecule is NC(=O)c1cc(-n2ncc3ccccc32)ncc1N. The highest BCUT2D eigenvalue weighted by molar-refractivity contribution is 5.98. The number of amides is 1. The maximum absolute atomic E-state index is 11.3. The molecule has 3 aromatic rings. The number of pyridine rings is 1. The van der Waals surface area contributed by atoms with Gasteiger partial charge in [0.15, 0.2) is 5.82 Å². The van der Waals surface area contributed by atoms with Crippen LogP contribution in [-0.2, 0) is 0 Å². The van der Waals surface area contributed by atoms with Crippen LogP contribution >= 0.6 is 0 Å². The molecule has 4 N–H and O–H groups in total. The predicted octanol–water partition coefficient (Wildman–Crippen LogP) is 1.10. The van der Waals surface area contributed by atoms with E-state index in [1.165, 1.54) is 12.3 Å². The maximum Gasteiger partial charge on any atom is 0.250 e. The van der Waals surface area contributed by atoms with Crippen LogP contribution < -0.4 is 11.5 Å². The fraction of sp³-hybridized carbons (Fsp3) is 0. The molecular formula is C13H11N5O. The Balaban J connectivity index is 2.22. The summed E-state index contributed by atoms with van der Waals surface area (Å²) in [5, 5.41) is 5.24. The smallest absolute Gasteiger partial charge is 0.250 e. The van der Waals surface area contributed by atoms with E-state index in [2.05, 4.69) is 10.1 Å². The predicted molar refractivity (Wildman–Crippen MR) is 71.8 cm³/mol. The van der Waals surface area contributed by atoms with Crippen LogP contribution in [0.5, 0.6) is 0 Å². The molecule has 0 saturated carbocycles. The molecule has 0 saturated heterocycles. The third-order valence-corrected chi connectivity index (χ3v) is 2.88. The zero-order valence-electron chi connectivity index (χ0n) is 9.95. The van der Waals surface area contributed by atoms with E-state index in [0.717, 1.165) is 10.9 Å². The first-order valence-electron chi connectivity index (χ1n) is 5.65. The number of anilines is 1. The quantitative estimate of drug-likeness (QED) is 0.714. The molecule has 0 aliphatic carbocycles. The molecule has 3 rings (SSSR count). The summed E-state index contributed by atoms with van der Waals surface area (Å²) in [6, 6.07) is 9.25.